The third kappa shape index (κ3) is 1.92. The molecule has 6 aromatic rings. The first-order chi connectivity index (χ1) is 13.8. The molecule has 0 aliphatic carbocycles. The van der Waals surface area contributed by atoms with E-state index in [-0.39, 0.29) is 0 Å². The van der Waals surface area contributed by atoms with Gasteiger partial charge in [0.25, 0.3) is 0 Å². The molecular weight excluding hydrogens is 342 g/mol. The number of nitrogens with one attached hydrogen (secondary N) is 1. The monoisotopic (exact) mass is 357 g/mol. The lowest BCUT2D eigenvalue weighted by Crippen LogP contribution is -1.92. The molecule has 0 aliphatic rings. The number of hydrogen-bond donors (Lipinski definition) is 1. The zero-order valence-electron chi connectivity index (χ0n) is 15.0. The Morgan fingerprint density at radius 3 is 2.36 bits per heavy atom. The van der Waals surface area contributed by atoms with Gasteiger partial charge in [-0.3, -0.25) is 0 Å². The fraction of sp³-hybridized carbons (Fsp3) is 0. The van der Waals surface area contributed by atoms with Crippen molar-refractivity contribution in [2.45, 2.75) is 0 Å². The van der Waals surface area contributed by atoms with E-state index < -0.39 is 0 Å². The maximum Gasteiger partial charge on any atom is 0.0992 e. The molecule has 28 heavy (non-hydrogen) atoms. The van der Waals surface area contributed by atoms with Gasteiger partial charge in [0.1, 0.15) is 0 Å². The Morgan fingerprint density at radius 2 is 1.50 bits per heavy atom. The summed E-state index contributed by atoms with van der Waals surface area (Å²) in [7, 11) is 0. The minimum atomic E-state index is 0.669. The highest BCUT2D eigenvalue weighted by atomic mass is 15.0. The molecule has 0 aliphatic heterocycles. The van der Waals surface area contributed by atoms with Crippen molar-refractivity contribution >= 4 is 43.6 Å². The second-order valence-corrected chi connectivity index (χ2v) is 7.07. The van der Waals surface area contributed by atoms with Crippen LogP contribution >= 0.6 is 0 Å². The summed E-state index contributed by atoms with van der Waals surface area (Å²) in [5.41, 5.74) is 6.30. The zero-order chi connectivity index (χ0) is 18.7. The van der Waals surface area contributed by atoms with Crippen molar-refractivity contribution < 1.29 is 0 Å². The van der Waals surface area contributed by atoms with Gasteiger partial charge < -0.3 is 9.55 Å². The van der Waals surface area contributed by atoms with Gasteiger partial charge in [0.05, 0.1) is 28.2 Å². The maximum atomic E-state index is 9.25. The largest absolute Gasteiger partial charge is 0.354 e. The smallest absolute Gasteiger partial charge is 0.0992 e. The zero-order valence-corrected chi connectivity index (χ0v) is 15.0. The molecule has 0 unspecified atom stereocenters. The number of aromatic nitrogens is 2. The minimum absolute atomic E-state index is 0.669. The molecule has 1 N–H and O–H groups in total. The first-order valence-corrected chi connectivity index (χ1v) is 9.28. The van der Waals surface area contributed by atoms with Gasteiger partial charge in [-0.2, -0.15) is 5.26 Å². The van der Waals surface area contributed by atoms with E-state index in [4.69, 9.17) is 0 Å². The number of nitriles is 1. The second-order valence-electron chi connectivity index (χ2n) is 7.07. The Morgan fingerprint density at radius 1 is 0.714 bits per heavy atom. The third-order valence-electron chi connectivity index (χ3n) is 5.55. The van der Waals surface area contributed by atoms with Crippen LogP contribution in [0.2, 0.25) is 0 Å². The number of aromatic amines is 1. The lowest BCUT2D eigenvalue weighted by atomic mass is 10.1. The Hall–Kier alpha value is -4.03. The number of benzene rings is 4. The van der Waals surface area contributed by atoms with Gasteiger partial charge in [0, 0.05) is 32.7 Å². The normalized spacial score (nSPS) is 11.5. The Labute approximate surface area is 161 Å². The highest BCUT2D eigenvalue weighted by Crippen LogP contribution is 2.38. The van der Waals surface area contributed by atoms with Gasteiger partial charge in [0.15, 0.2) is 0 Å². The van der Waals surface area contributed by atoms with E-state index in [0.717, 1.165) is 22.1 Å². The predicted octanol–water partition coefficient (Wildman–Crippen LogP) is 6.29. The van der Waals surface area contributed by atoms with E-state index in [2.05, 4.69) is 76.3 Å². The van der Waals surface area contributed by atoms with Crippen LogP contribution in [0.4, 0.5) is 0 Å². The molecule has 0 saturated carbocycles. The van der Waals surface area contributed by atoms with Gasteiger partial charge >= 0.3 is 0 Å². The number of fused-ring (bicyclic) bond motifs is 7. The van der Waals surface area contributed by atoms with Gasteiger partial charge in [-0.25, -0.2) is 0 Å². The van der Waals surface area contributed by atoms with Crippen molar-refractivity contribution in [3.63, 3.8) is 0 Å². The molecule has 0 bridgehead atoms. The van der Waals surface area contributed by atoms with E-state index in [0.29, 0.717) is 5.56 Å². The van der Waals surface area contributed by atoms with Crippen molar-refractivity contribution in [1.29, 1.82) is 5.26 Å². The average Bonchev–Trinajstić information content (AvgIpc) is 3.29. The van der Waals surface area contributed by atoms with Crippen LogP contribution in [0.5, 0.6) is 0 Å². The first-order valence-electron chi connectivity index (χ1n) is 9.28. The number of nitrogens with zero attached hydrogens (tertiary/aromatic N) is 2. The summed E-state index contributed by atoms with van der Waals surface area (Å²) in [6.45, 7) is 0. The number of para-hydroxylation sites is 2. The van der Waals surface area contributed by atoms with Gasteiger partial charge in [-0.15, -0.1) is 0 Å². The van der Waals surface area contributed by atoms with Crippen molar-refractivity contribution in [3.05, 3.63) is 90.5 Å². The van der Waals surface area contributed by atoms with Crippen molar-refractivity contribution in [3.8, 4) is 11.8 Å². The predicted molar refractivity (Wildman–Crippen MR) is 115 cm³/mol. The summed E-state index contributed by atoms with van der Waals surface area (Å²) in [4.78, 5) is 3.59. The Bertz CT molecular complexity index is 1560. The van der Waals surface area contributed by atoms with Gasteiger partial charge in [-0.05, 0) is 36.4 Å². The molecule has 2 heterocycles. The molecule has 6 rings (SSSR count). The summed E-state index contributed by atoms with van der Waals surface area (Å²) < 4.78 is 2.32. The molecule has 0 saturated heterocycles. The molecule has 130 valence electrons. The van der Waals surface area contributed by atoms with Crippen LogP contribution in [0, 0.1) is 11.3 Å². The Balaban J connectivity index is 1.84. The van der Waals surface area contributed by atoms with Crippen LogP contribution in [-0.4, -0.2) is 9.55 Å². The summed E-state index contributed by atoms with van der Waals surface area (Å²) in [6, 6.07) is 31.5. The molecule has 0 atom stereocenters. The summed E-state index contributed by atoms with van der Waals surface area (Å²) in [5, 5.41) is 14.0. The molecule has 3 heteroatoms. The summed E-state index contributed by atoms with van der Waals surface area (Å²) in [6.07, 6.45) is 0. The topological polar surface area (TPSA) is 44.5 Å². The molecule has 0 spiro atoms. The molecule has 0 amide bonds. The lowest BCUT2D eigenvalue weighted by molar-refractivity contribution is 1.18. The maximum absolute atomic E-state index is 9.25. The van der Waals surface area contributed by atoms with Crippen molar-refractivity contribution in [1.82, 2.24) is 9.55 Å². The number of H-pyrrole nitrogens is 1. The molecule has 0 fully saturated rings. The molecule has 2 aromatic heterocycles. The summed E-state index contributed by atoms with van der Waals surface area (Å²) >= 11 is 0. The van der Waals surface area contributed by atoms with Crippen LogP contribution in [0.3, 0.4) is 0 Å². The fourth-order valence-electron chi connectivity index (χ4n) is 4.36. The fourth-order valence-corrected chi connectivity index (χ4v) is 4.36. The summed E-state index contributed by atoms with van der Waals surface area (Å²) in [5.74, 6) is 0. The third-order valence-corrected chi connectivity index (χ3v) is 5.55. The first kappa shape index (κ1) is 15.1. The van der Waals surface area contributed by atoms with Crippen LogP contribution < -0.4 is 0 Å². The van der Waals surface area contributed by atoms with E-state index in [1.54, 1.807) is 0 Å². The van der Waals surface area contributed by atoms with E-state index >= 15 is 0 Å². The highest BCUT2D eigenvalue weighted by Gasteiger charge is 2.16. The standard InChI is InChI=1S/C25H15N3/c26-15-16-10-11-18-19-12-13-23-24(25(19)27-21(18)14-16)20-8-4-5-9-22(20)28(23)17-6-2-1-3-7-17/h1-14,27H. The quantitative estimate of drug-likeness (QED) is 0.369. The molecule has 3 nitrogen and oxygen atoms in total. The van der Waals surface area contributed by atoms with E-state index in [1.165, 1.54) is 27.2 Å². The van der Waals surface area contributed by atoms with Crippen molar-refractivity contribution in [2.75, 3.05) is 0 Å². The Kier molecular flexibility index (Phi) is 2.95. The van der Waals surface area contributed by atoms with E-state index in [1.807, 2.05) is 24.3 Å². The van der Waals surface area contributed by atoms with Crippen LogP contribution in [0.15, 0.2) is 84.9 Å². The molecule has 4 aromatic carbocycles. The van der Waals surface area contributed by atoms with Gasteiger partial charge in [-0.1, -0.05) is 48.5 Å². The number of rotatable bonds is 1. The molecule has 0 radical (unpaired) electrons. The number of hydrogen-bond acceptors (Lipinski definition) is 1. The highest BCUT2D eigenvalue weighted by molar-refractivity contribution is 6.25. The van der Waals surface area contributed by atoms with E-state index in [9.17, 15) is 5.26 Å². The molecular formula is C25H15N3. The SMILES string of the molecule is N#Cc1ccc2c(c1)[nH]c1c2ccc2c1c1ccccc1n2-c1ccccc1. The van der Waals surface area contributed by atoms with Crippen LogP contribution in [0.25, 0.3) is 49.3 Å². The van der Waals surface area contributed by atoms with Gasteiger partial charge in [0.2, 0.25) is 0 Å². The lowest BCUT2D eigenvalue weighted by Gasteiger charge is -2.07. The van der Waals surface area contributed by atoms with Crippen LogP contribution in [0.1, 0.15) is 5.56 Å². The average molecular weight is 357 g/mol. The minimum Gasteiger partial charge on any atom is -0.354 e. The van der Waals surface area contributed by atoms with Crippen molar-refractivity contribution in [2.24, 2.45) is 0 Å². The second kappa shape index (κ2) is 5.48. The van der Waals surface area contributed by atoms with Crippen LogP contribution in [-0.2, 0) is 0 Å².